The summed E-state index contributed by atoms with van der Waals surface area (Å²) in [6.45, 7) is -0.528. The summed E-state index contributed by atoms with van der Waals surface area (Å²) in [7, 11) is -2.39. The van der Waals surface area contributed by atoms with Crippen molar-refractivity contribution >= 4 is 32.6 Å². The van der Waals surface area contributed by atoms with Crippen molar-refractivity contribution in [3.05, 3.63) is 5.82 Å². The van der Waals surface area contributed by atoms with E-state index in [4.69, 9.17) is 0 Å². The SMILES string of the molecule is CN(CC(=O)Nc1nc(C(F)(F)F)ns1)S(C)(=O)=O. The minimum Gasteiger partial charge on any atom is -0.300 e. The van der Waals surface area contributed by atoms with Crippen LogP contribution in [-0.4, -0.2) is 47.8 Å². The molecule has 0 spiro atoms. The lowest BCUT2D eigenvalue weighted by molar-refractivity contribution is -0.144. The highest BCUT2D eigenvalue weighted by atomic mass is 32.2. The Balaban J connectivity index is 2.66. The van der Waals surface area contributed by atoms with Crippen LogP contribution in [0.3, 0.4) is 0 Å². The maximum absolute atomic E-state index is 12.2. The first-order chi connectivity index (χ1) is 8.50. The molecule has 108 valence electrons. The molecule has 0 aliphatic heterocycles. The lowest BCUT2D eigenvalue weighted by Gasteiger charge is -2.12. The number of amides is 1. The second-order valence-electron chi connectivity index (χ2n) is 3.49. The van der Waals surface area contributed by atoms with Crippen LogP contribution in [0.5, 0.6) is 0 Å². The minimum absolute atomic E-state index is 0.348. The Bertz CT molecular complexity index is 568. The number of alkyl halides is 3. The average molecular weight is 318 g/mol. The van der Waals surface area contributed by atoms with Crippen molar-refractivity contribution in [2.24, 2.45) is 0 Å². The van der Waals surface area contributed by atoms with Crippen LogP contribution in [0, 0.1) is 0 Å². The monoisotopic (exact) mass is 318 g/mol. The number of likely N-dealkylation sites (N-methyl/N-ethyl adjacent to an activating group) is 1. The zero-order chi connectivity index (χ0) is 14.8. The van der Waals surface area contributed by atoms with Crippen molar-refractivity contribution in [3.63, 3.8) is 0 Å². The number of nitrogens with zero attached hydrogens (tertiary/aromatic N) is 3. The molecule has 1 heterocycles. The number of anilines is 1. The molecule has 1 N–H and O–H groups in total. The van der Waals surface area contributed by atoms with E-state index >= 15 is 0 Å². The summed E-state index contributed by atoms with van der Waals surface area (Å²) in [4.78, 5) is 14.4. The van der Waals surface area contributed by atoms with E-state index in [0.717, 1.165) is 17.6 Å². The summed E-state index contributed by atoms with van der Waals surface area (Å²) in [6, 6.07) is 0. The van der Waals surface area contributed by atoms with Gasteiger partial charge < -0.3 is 0 Å². The standard InChI is InChI=1S/C7H9F3N4O3S2/c1-14(19(2,16)17)3-4(15)11-6-12-5(13-18-6)7(8,9)10/h3H2,1-2H3,(H,11,12,13,15). The van der Waals surface area contributed by atoms with Crippen LogP contribution in [0.2, 0.25) is 0 Å². The normalized spacial score (nSPS) is 12.7. The number of hydrogen-bond donors (Lipinski definition) is 1. The zero-order valence-electron chi connectivity index (χ0n) is 9.72. The summed E-state index contributed by atoms with van der Waals surface area (Å²) >= 11 is 0.358. The molecular formula is C7H9F3N4O3S2. The molecule has 0 aliphatic carbocycles. The molecule has 0 unspecified atom stereocenters. The Kier molecular flexibility index (Phi) is 4.47. The van der Waals surface area contributed by atoms with Crippen LogP contribution >= 0.6 is 11.5 Å². The van der Waals surface area contributed by atoms with E-state index in [1.807, 2.05) is 5.32 Å². The van der Waals surface area contributed by atoms with Gasteiger partial charge in [-0.25, -0.2) is 8.42 Å². The Hall–Kier alpha value is -1.27. The Morgan fingerprint density at radius 2 is 2.05 bits per heavy atom. The van der Waals surface area contributed by atoms with Crippen molar-refractivity contribution in [2.45, 2.75) is 6.18 Å². The summed E-state index contributed by atoms with van der Waals surface area (Å²) < 4.78 is 62.4. The van der Waals surface area contributed by atoms with Gasteiger partial charge in [-0.2, -0.15) is 26.8 Å². The third-order valence-electron chi connectivity index (χ3n) is 1.86. The van der Waals surface area contributed by atoms with Gasteiger partial charge in [-0.1, -0.05) is 0 Å². The third-order valence-corrected chi connectivity index (χ3v) is 3.75. The molecule has 19 heavy (non-hydrogen) atoms. The van der Waals surface area contributed by atoms with Crippen molar-refractivity contribution in [2.75, 3.05) is 25.2 Å². The molecule has 1 amide bonds. The van der Waals surface area contributed by atoms with Crippen LogP contribution < -0.4 is 5.32 Å². The van der Waals surface area contributed by atoms with Gasteiger partial charge in [0, 0.05) is 18.6 Å². The van der Waals surface area contributed by atoms with Crippen molar-refractivity contribution in [1.29, 1.82) is 0 Å². The maximum Gasteiger partial charge on any atom is 0.452 e. The maximum atomic E-state index is 12.2. The number of carbonyl (C=O) groups is 1. The second-order valence-corrected chi connectivity index (χ2v) is 6.33. The highest BCUT2D eigenvalue weighted by Gasteiger charge is 2.36. The van der Waals surface area contributed by atoms with E-state index in [0.29, 0.717) is 11.5 Å². The smallest absolute Gasteiger partial charge is 0.300 e. The Morgan fingerprint density at radius 1 is 1.47 bits per heavy atom. The summed E-state index contributed by atoms with van der Waals surface area (Å²) in [6.07, 6.45) is -3.80. The molecule has 12 heteroatoms. The number of hydrogen-bond acceptors (Lipinski definition) is 6. The predicted molar refractivity (Wildman–Crippen MR) is 61.0 cm³/mol. The first-order valence-corrected chi connectivity index (χ1v) is 7.24. The van der Waals surface area contributed by atoms with Gasteiger partial charge in [0.05, 0.1) is 12.8 Å². The molecule has 0 bridgehead atoms. The Morgan fingerprint density at radius 3 is 2.47 bits per heavy atom. The second kappa shape index (κ2) is 5.38. The number of nitrogens with one attached hydrogen (secondary N) is 1. The van der Waals surface area contributed by atoms with Gasteiger partial charge in [0.25, 0.3) is 0 Å². The predicted octanol–water partition coefficient (Wildman–Crippen LogP) is 0.387. The first kappa shape index (κ1) is 15.8. The van der Waals surface area contributed by atoms with E-state index < -0.39 is 34.5 Å². The average Bonchev–Trinajstić information content (AvgIpc) is 2.63. The minimum atomic E-state index is -4.69. The van der Waals surface area contributed by atoms with E-state index in [2.05, 4.69) is 9.36 Å². The third kappa shape index (κ3) is 4.72. The molecule has 1 aromatic heterocycles. The van der Waals surface area contributed by atoms with Crippen LogP contribution in [0.25, 0.3) is 0 Å². The number of carbonyl (C=O) groups excluding carboxylic acids is 1. The lowest BCUT2D eigenvalue weighted by atomic mass is 10.6. The molecule has 0 fully saturated rings. The van der Waals surface area contributed by atoms with E-state index in [1.54, 1.807) is 0 Å². The number of sulfonamides is 1. The summed E-state index contributed by atoms with van der Waals surface area (Å²) in [5.74, 6) is -2.16. The first-order valence-electron chi connectivity index (χ1n) is 4.62. The van der Waals surface area contributed by atoms with Crippen molar-refractivity contribution in [1.82, 2.24) is 13.7 Å². The van der Waals surface area contributed by atoms with E-state index in [1.165, 1.54) is 0 Å². The van der Waals surface area contributed by atoms with Gasteiger partial charge >= 0.3 is 6.18 Å². The largest absolute Gasteiger partial charge is 0.452 e. The molecule has 1 rings (SSSR count). The molecule has 7 nitrogen and oxygen atoms in total. The molecule has 0 aliphatic rings. The van der Waals surface area contributed by atoms with Gasteiger partial charge in [-0.15, -0.1) is 0 Å². The van der Waals surface area contributed by atoms with Crippen LogP contribution in [0.1, 0.15) is 5.82 Å². The molecule has 1 aromatic rings. The topological polar surface area (TPSA) is 92.3 Å². The lowest BCUT2D eigenvalue weighted by Crippen LogP contribution is -2.34. The highest BCUT2D eigenvalue weighted by Crippen LogP contribution is 2.28. The molecular weight excluding hydrogens is 309 g/mol. The fraction of sp³-hybridized carbons (Fsp3) is 0.571. The Labute approximate surface area is 110 Å². The zero-order valence-corrected chi connectivity index (χ0v) is 11.4. The summed E-state index contributed by atoms with van der Waals surface area (Å²) in [5, 5.41) is 1.69. The van der Waals surface area contributed by atoms with Crippen molar-refractivity contribution < 1.29 is 26.4 Å². The number of rotatable bonds is 4. The van der Waals surface area contributed by atoms with Gasteiger partial charge in [-0.05, 0) is 0 Å². The van der Waals surface area contributed by atoms with E-state index in [-0.39, 0.29) is 5.13 Å². The van der Waals surface area contributed by atoms with E-state index in [9.17, 15) is 26.4 Å². The van der Waals surface area contributed by atoms with Gasteiger partial charge in [0.1, 0.15) is 0 Å². The fourth-order valence-electron chi connectivity index (χ4n) is 0.868. The fourth-order valence-corrected chi connectivity index (χ4v) is 1.82. The van der Waals surface area contributed by atoms with Gasteiger partial charge in [0.15, 0.2) is 0 Å². The van der Waals surface area contributed by atoms with Gasteiger partial charge in [0.2, 0.25) is 26.9 Å². The number of aromatic nitrogens is 2. The molecule has 0 atom stereocenters. The quantitative estimate of drug-likeness (QED) is 0.867. The molecule has 0 saturated heterocycles. The molecule has 0 radical (unpaired) electrons. The highest BCUT2D eigenvalue weighted by molar-refractivity contribution is 7.88. The summed E-state index contributed by atoms with van der Waals surface area (Å²) in [5.41, 5.74) is 0. The van der Waals surface area contributed by atoms with Crippen molar-refractivity contribution in [3.8, 4) is 0 Å². The molecule has 0 saturated carbocycles. The van der Waals surface area contributed by atoms with Crippen LogP contribution in [-0.2, 0) is 21.0 Å². The number of halogens is 3. The van der Waals surface area contributed by atoms with Crippen LogP contribution in [0.4, 0.5) is 18.3 Å². The molecule has 0 aromatic carbocycles. The van der Waals surface area contributed by atoms with Gasteiger partial charge in [-0.3, -0.25) is 10.1 Å². The van der Waals surface area contributed by atoms with Crippen LogP contribution in [0.15, 0.2) is 0 Å².